The lowest BCUT2D eigenvalue weighted by Gasteiger charge is -2.37. The van der Waals surface area contributed by atoms with Gasteiger partial charge in [0.2, 0.25) is 0 Å². The van der Waals surface area contributed by atoms with Crippen molar-refractivity contribution in [3.8, 4) is 0 Å². The number of amides is 2. The van der Waals surface area contributed by atoms with Gasteiger partial charge in [-0.05, 0) is 42.8 Å². The number of hydrogen-bond acceptors (Lipinski definition) is 4. The summed E-state index contributed by atoms with van der Waals surface area (Å²) in [6.45, 7) is 4.55. The maximum absolute atomic E-state index is 13.1. The van der Waals surface area contributed by atoms with Crippen LogP contribution < -0.4 is 9.80 Å². The molecule has 144 valence electrons. The Morgan fingerprint density at radius 3 is 2.11 bits per heavy atom. The molecule has 0 bridgehead atoms. The number of carbonyl (C=O) groups excluding carboxylic acids is 2. The molecule has 0 atom stereocenters. The SMILES string of the molecule is Cc1cc(Cl)ccc1N1C(=O)C(Cl)=C(N2CCN(c3ccccc3)CC2)C1=O. The molecule has 0 radical (unpaired) electrons. The van der Waals surface area contributed by atoms with Crippen LogP contribution in [0.15, 0.2) is 59.3 Å². The van der Waals surface area contributed by atoms with Crippen LogP contribution in [0.25, 0.3) is 0 Å². The molecule has 28 heavy (non-hydrogen) atoms. The van der Waals surface area contributed by atoms with Crippen molar-refractivity contribution in [2.24, 2.45) is 0 Å². The van der Waals surface area contributed by atoms with Crippen LogP contribution in [0.2, 0.25) is 5.02 Å². The molecule has 1 saturated heterocycles. The number of nitrogens with zero attached hydrogens (tertiary/aromatic N) is 3. The number of imide groups is 1. The van der Waals surface area contributed by atoms with Gasteiger partial charge in [0.05, 0.1) is 5.69 Å². The maximum Gasteiger partial charge on any atom is 0.283 e. The highest BCUT2D eigenvalue weighted by Gasteiger charge is 2.42. The Bertz CT molecular complexity index is 967. The predicted molar refractivity (Wildman–Crippen MR) is 112 cm³/mol. The molecule has 0 spiro atoms. The smallest absolute Gasteiger partial charge is 0.283 e. The molecule has 2 aliphatic rings. The second-order valence-electron chi connectivity index (χ2n) is 6.85. The van der Waals surface area contributed by atoms with Crippen molar-refractivity contribution in [3.63, 3.8) is 0 Å². The molecular weight excluding hydrogens is 397 g/mol. The zero-order valence-electron chi connectivity index (χ0n) is 15.4. The molecule has 2 aromatic rings. The highest BCUT2D eigenvalue weighted by atomic mass is 35.5. The van der Waals surface area contributed by atoms with Gasteiger partial charge in [-0.1, -0.05) is 41.4 Å². The first-order valence-electron chi connectivity index (χ1n) is 9.07. The van der Waals surface area contributed by atoms with Gasteiger partial charge in [0, 0.05) is 36.9 Å². The first kappa shape index (κ1) is 18.8. The minimum absolute atomic E-state index is 0.0208. The van der Waals surface area contributed by atoms with Crippen LogP contribution in [0.3, 0.4) is 0 Å². The maximum atomic E-state index is 13.1. The lowest BCUT2D eigenvalue weighted by atomic mass is 10.2. The third-order valence-corrected chi connectivity index (χ3v) is 5.70. The summed E-state index contributed by atoms with van der Waals surface area (Å²) in [6, 6.07) is 15.2. The Kier molecular flexibility index (Phi) is 5.04. The molecular formula is C21H19Cl2N3O2. The Morgan fingerprint density at radius 2 is 1.46 bits per heavy atom. The molecule has 2 aromatic carbocycles. The van der Waals surface area contributed by atoms with E-state index in [1.54, 1.807) is 18.2 Å². The highest BCUT2D eigenvalue weighted by molar-refractivity contribution is 6.52. The molecule has 0 unspecified atom stereocenters. The molecule has 0 aromatic heterocycles. The van der Waals surface area contributed by atoms with E-state index in [2.05, 4.69) is 17.0 Å². The van der Waals surface area contributed by atoms with Gasteiger partial charge in [-0.15, -0.1) is 0 Å². The predicted octanol–water partition coefficient (Wildman–Crippen LogP) is 3.79. The summed E-state index contributed by atoms with van der Waals surface area (Å²) >= 11 is 12.3. The van der Waals surface area contributed by atoms with E-state index in [1.807, 2.05) is 30.0 Å². The van der Waals surface area contributed by atoms with E-state index in [9.17, 15) is 9.59 Å². The fourth-order valence-electron chi connectivity index (χ4n) is 3.68. The Morgan fingerprint density at radius 1 is 0.821 bits per heavy atom. The van der Waals surface area contributed by atoms with Gasteiger partial charge in [-0.3, -0.25) is 9.59 Å². The summed E-state index contributed by atoms with van der Waals surface area (Å²) in [7, 11) is 0. The van der Waals surface area contributed by atoms with Gasteiger partial charge in [-0.25, -0.2) is 4.90 Å². The van der Waals surface area contributed by atoms with Crippen molar-refractivity contribution in [2.75, 3.05) is 36.0 Å². The van der Waals surface area contributed by atoms with E-state index in [-0.39, 0.29) is 16.6 Å². The van der Waals surface area contributed by atoms with Crippen LogP contribution >= 0.6 is 23.2 Å². The van der Waals surface area contributed by atoms with Crippen LogP contribution in [-0.2, 0) is 9.59 Å². The van der Waals surface area contributed by atoms with Gasteiger partial charge in [0.15, 0.2) is 0 Å². The van der Waals surface area contributed by atoms with E-state index < -0.39 is 5.91 Å². The number of piperazine rings is 1. The number of rotatable bonds is 3. The first-order chi connectivity index (χ1) is 13.5. The van der Waals surface area contributed by atoms with E-state index in [4.69, 9.17) is 23.2 Å². The first-order valence-corrected chi connectivity index (χ1v) is 9.82. The molecule has 2 heterocycles. The second kappa shape index (κ2) is 7.49. The lowest BCUT2D eigenvalue weighted by molar-refractivity contribution is -0.121. The minimum Gasteiger partial charge on any atom is -0.368 e. The second-order valence-corrected chi connectivity index (χ2v) is 7.66. The Labute approximate surface area is 173 Å². The number of para-hydroxylation sites is 1. The topological polar surface area (TPSA) is 43.9 Å². The van der Waals surface area contributed by atoms with E-state index in [1.165, 1.54) is 0 Å². The Balaban J connectivity index is 1.54. The summed E-state index contributed by atoms with van der Waals surface area (Å²) in [6.07, 6.45) is 0. The fourth-order valence-corrected chi connectivity index (χ4v) is 4.19. The standard InChI is InChI=1S/C21H19Cl2N3O2/c1-14-13-15(22)7-8-17(14)26-20(27)18(23)19(21(26)28)25-11-9-24(10-12-25)16-5-3-2-4-6-16/h2-8,13H,9-12H2,1H3. The van der Waals surface area contributed by atoms with Gasteiger partial charge in [0.25, 0.3) is 11.8 Å². The van der Waals surface area contributed by atoms with Crippen LogP contribution in [0, 0.1) is 6.92 Å². The van der Waals surface area contributed by atoms with Crippen LogP contribution in [0.1, 0.15) is 5.56 Å². The van der Waals surface area contributed by atoms with Crippen molar-refractivity contribution in [2.45, 2.75) is 6.92 Å². The normalized spacial score (nSPS) is 17.8. The number of hydrogen-bond donors (Lipinski definition) is 0. The average Bonchev–Trinajstić information content (AvgIpc) is 2.92. The Hall–Kier alpha value is -2.50. The summed E-state index contributed by atoms with van der Waals surface area (Å²) in [4.78, 5) is 31.1. The minimum atomic E-state index is -0.488. The summed E-state index contributed by atoms with van der Waals surface area (Å²) in [5, 5.41) is 0.532. The molecule has 1 fully saturated rings. The van der Waals surface area contributed by atoms with Crippen molar-refractivity contribution in [3.05, 3.63) is 69.8 Å². The molecule has 4 rings (SSSR count). The lowest BCUT2D eigenvalue weighted by Crippen LogP contribution is -2.47. The number of carbonyl (C=O) groups is 2. The van der Waals surface area contributed by atoms with Crippen LogP contribution in [-0.4, -0.2) is 42.9 Å². The number of halogens is 2. The van der Waals surface area contributed by atoms with E-state index in [0.717, 1.165) is 29.2 Å². The van der Waals surface area contributed by atoms with E-state index in [0.29, 0.717) is 23.8 Å². The number of aryl methyl sites for hydroxylation is 1. The number of anilines is 2. The molecule has 2 aliphatic heterocycles. The van der Waals surface area contributed by atoms with Crippen molar-refractivity contribution in [1.29, 1.82) is 0 Å². The molecule has 0 aliphatic carbocycles. The molecule has 0 N–H and O–H groups in total. The van der Waals surface area contributed by atoms with Gasteiger partial charge < -0.3 is 9.80 Å². The largest absolute Gasteiger partial charge is 0.368 e. The third-order valence-electron chi connectivity index (χ3n) is 5.12. The van der Waals surface area contributed by atoms with Gasteiger partial charge in [-0.2, -0.15) is 0 Å². The van der Waals surface area contributed by atoms with Gasteiger partial charge >= 0.3 is 0 Å². The zero-order chi connectivity index (χ0) is 19.8. The molecule has 2 amide bonds. The molecule has 5 nitrogen and oxygen atoms in total. The van der Waals surface area contributed by atoms with Crippen molar-refractivity contribution >= 4 is 46.4 Å². The number of benzene rings is 2. The average molecular weight is 416 g/mol. The summed E-state index contributed by atoms with van der Waals surface area (Å²) < 4.78 is 0. The van der Waals surface area contributed by atoms with E-state index >= 15 is 0 Å². The zero-order valence-corrected chi connectivity index (χ0v) is 16.9. The van der Waals surface area contributed by atoms with Crippen LogP contribution in [0.4, 0.5) is 11.4 Å². The molecule has 0 saturated carbocycles. The quantitative estimate of drug-likeness (QED) is 0.715. The van der Waals surface area contributed by atoms with Crippen molar-refractivity contribution in [1.82, 2.24) is 4.90 Å². The van der Waals surface area contributed by atoms with Gasteiger partial charge in [0.1, 0.15) is 10.7 Å². The fraction of sp³-hybridized carbons (Fsp3) is 0.238. The highest BCUT2D eigenvalue weighted by Crippen LogP contribution is 2.34. The summed E-state index contributed by atoms with van der Waals surface area (Å²) in [5.41, 5.74) is 2.69. The monoisotopic (exact) mass is 415 g/mol. The summed E-state index contributed by atoms with van der Waals surface area (Å²) in [5.74, 6) is -0.869. The molecule has 7 heteroatoms. The van der Waals surface area contributed by atoms with Crippen LogP contribution in [0.5, 0.6) is 0 Å². The third kappa shape index (κ3) is 3.25. The van der Waals surface area contributed by atoms with Crippen molar-refractivity contribution < 1.29 is 9.59 Å².